The van der Waals surface area contributed by atoms with Gasteiger partial charge in [-0.15, -0.1) is 0 Å². The quantitative estimate of drug-likeness (QED) is 0.711. The van der Waals surface area contributed by atoms with E-state index in [0.717, 1.165) is 10.0 Å². The molecule has 0 saturated carbocycles. The molecule has 2 atom stereocenters. The van der Waals surface area contributed by atoms with Gasteiger partial charge in [0, 0.05) is 23.7 Å². The van der Waals surface area contributed by atoms with Crippen LogP contribution >= 0.6 is 15.9 Å². The van der Waals surface area contributed by atoms with Crippen molar-refractivity contribution in [2.45, 2.75) is 25.7 Å². The molecule has 0 radical (unpaired) electrons. The highest BCUT2D eigenvalue weighted by atomic mass is 79.9. The lowest BCUT2D eigenvalue weighted by atomic mass is 10.2. The van der Waals surface area contributed by atoms with Crippen LogP contribution in [0, 0.1) is 0 Å². The lowest BCUT2D eigenvalue weighted by Gasteiger charge is -2.17. The van der Waals surface area contributed by atoms with E-state index >= 15 is 0 Å². The molecule has 1 rings (SSSR count). The second-order valence-electron chi connectivity index (χ2n) is 4.52. The smallest absolute Gasteiger partial charge is 0.123 e. The zero-order valence-corrected chi connectivity index (χ0v) is 13.4. The summed E-state index contributed by atoms with van der Waals surface area (Å²) in [5.41, 5.74) is 6.54. The number of rotatable bonds is 9. The fourth-order valence-electron chi connectivity index (χ4n) is 1.64. The summed E-state index contributed by atoms with van der Waals surface area (Å²) in [4.78, 5) is 0. The van der Waals surface area contributed by atoms with Gasteiger partial charge in [-0.3, -0.25) is 0 Å². The molecular weight excluding hydrogens is 326 g/mol. The number of halogens is 1. The maximum atomic E-state index is 9.81. The maximum absolute atomic E-state index is 9.81. The lowest BCUT2D eigenvalue weighted by molar-refractivity contribution is -0.0423. The SMILES string of the molecule is COCC(C)OCC(O)COc1ccc(Br)cc1CN. The van der Waals surface area contributed by atoms with E-state index in [0.29, 0.717) is 18.9 Å². The average molecular weight is 348 g/mol. The molecule has 20 heavy (non-hydrogen) atoms. The van der Waals surface area contributed by atoms with Crippen molar-refractivity contribution in [3.63, 3.8) is 0 Å². The summed E-state index contributed by atoms with van der Waals surface area (Å²) in [7, 11) is 1.61. The van der Waals surface area contributed by atoms with Crippen molar-refractivity contribution in [2.24, 2.45) is 5.73 Å². The van der Waals surface area contributed by atoms with Gasteiger partial charge in [0.1, 0.15) is 18.5 Å². The highest BCUT2D eigenvalue weighted by molar-refractivity contribution is 9.10. The Hall–Kier alpha value is -0.660. The third-order valence-corrected chi connectivity index (χ3v) is 3.14. The molecule has 5 nitrogen and oxygen atoms in total. The van der Waals surface area contributed by atoms with Crippen LogP contribution in [0.1, 0.15) is 12.5 Å². The Morgan fingerprint density at radius 1 is 1.30 bits per heavy atom. The molecule has 0 aliphatic carbocycles. The summed E-state index contributed by atoms with van der Waals surface area (Å²) in [5.74, 6) is 0.680. The van der Waals surface area contributed by atoms with Gasteiger partial charge >= 0.3 is 0 Å². The van der Waals surface area contributed by atoms with Gasteiger partial charge in [-0.05, 0) is 25.1 Å². The topological polar surface area (TPSA) is 73.9 Å². The maximum Gasteiger partial charge on any atom is 0.123 e. The molecule has 0 fully saturated rings. The van der Waals surface area contributed by atoms with Gasteiger partial charge in [-0.1, -0.05) is 15.9 Å². The van der Waals surface area contributed by atoms with E-state index in [2.05, 4.69) is 15.9 Å². The van der Waals surface area contributed by atoms with Crippen molar-refractivity contribution < 1.29 is 19.3 Å². The van der Waals surface area contributed by atoms with Gasteiger partial charge in [-0.25, -0.2) is 0 Å². The van der Waals surface area contributed by atoms with Gasteiger partial charge in [0.05, 0.1) is 19.3 Å². The molecular formula is C14H22BrNO4. The van der Waals surface area contributed by atoms with Crippen LogP contribution in [0.3, 0.4) is 0 Å². The zero-order valence-electron chi connectivity index (χ0n) is 11.8. The van der Waals surface area contributed by atoms with E-state index in [-0.39, 0.29) is 19.3 Å². The van der Waals surface area contributed by atoms with Crippen LogP contribution in [0.15, 0.2) is 22.7 Å². The summed E-state index contributed by atoms with van der Waals surface area (Å²) in [6, 6.07) is 5.60. The van der Waals surface area contributed by atoms with Gasteiger partial charge in [-0.2, -0.15) is 0 Å². The molecule has 6 heteroatoms. The zero-order chi connectivity index (χ0) is 15.0. The standard InChI is InChI=1S/C14H22BrNO4/c1-10(7-18-2)19-8-13(17)9-20-14-4-3-12(15)5-11(14)6-16/h3-5,10,13,17H,6-9,16H2,1-2H3. The predicted octanol–water partition coefficient (Wildman–Crippen LogP) is 1.70. The summed E-state index contributed by atoms with van der Waals surface area (Å²) in [6.07, 6.45) is -0.745. The highest BCUT2D eigenvalue weighted by Gasteiger charge is 2.10. The summed E-state index contributed by atoms with van der Waals surface area (Å²) >= 11 is 3.38. The Bertz CT molecular complexity index is 403. The van der Waals surface area contributed by atoms with Crippen LogP contribution < -0.4 is 10.5 Å². The number of nitrogens with two attached hydrogens (primary N) is 1. The molecule has 0 saturated heterocycles. The van der Waals surface area contributed by atoms with Crippen LogP contribution in [-0.4, -0.2) is 44.2 Å². The van der Waals surface area contributed by atoms with Crippen molar-refractivity contribution in [2.75, 3.05) is 26.9 Å². The molecule has 0 heterocycles. The third kappa shape index (κ3) is 6.19. The fourth-order valence-corrected chi connectivity index (χ4v) is 2.05. The minimum Gasteiger partial charge on any atom is -0.490 e. The minimum absolute atomic E-state index is 0.0538. The largest absolute Gasteiger partial charge is 0.490 e. The van der Waals surface area contributed by atoms with Crippen molar-refractivity contribution in [1.29, 1.82) is 0 Å². The first-order valence-electron chi connectivity index (χ1n) is 6.46. The summed E-state index contributed by atoms with van der Waals surface area (Å²) in [5, 5.41) is 9.81. The molecule has 0 spiro atoms. The Morgan fingerprint density at radius 2 is 2.05 bits per heavy atom. The van der Waals surface area contributed by atoms with E-state index in [4.69, 9.17) is 19.9 Å². The van der Waals surface area contributed by atoms with E-state index in [1.165, 1.54) is 0 Å². The van der Waals surface area contributed by atoms with Crippen LogP contribution in [-0.2, 0) is 16.0 Å². The number of methoxy groups -OCH3 is 1. The molecule has 3 N–H and O–H groups in total. The Kier molecular flexibility index (Phi) is 8.09. The third-order valence-electron chi connectivity index (χ3n) is 2.65. The Balaban J connectivity index is 2.39. The van der Waals surface area contributed by atoms with E-state index < -0.39 is 6.10 Å². The molecule has 0 aliphatic rings. The molecule has 1 aromatic carbocycles. The predicted molar refractivity (Wildman–Crippen MR) is 80.8 cm³/mol. The highest BCUT2D eigenvalue weighted by Crippen LogP contribution is 2.22. The molecule has 114 valence electrons. The van der Waals surface area contributed by atoms with Gasteiger partial charge in [0.2, 0.25) is 0 Å². The van der Waals surface area contributed by atoms with Crippen LogP contribution in [0.2, 0.25) is 0 Å². The molecule has 0 aliphatic heterocycles. The summed E-state index contributed by atoms with van der Waals surface area (Å²) in [6.45, 7) is 3.13. The molecule has 0 amide bonds. The van der Waals surface area contributed by atoms with E-state index in [1.54, 1.807) is 7.11 Å². The Labute approximate surface area is 128 Å². The number of aliphatic hydroxyl groups excluding tert-OH is 1. The Morgan fingerprint density at radius 3 is 2.70 bits per heavy atom. The molecule has 2 unspecified atom stereocenters. The van der Waals surface area contributed by atoms with Gasteiger partial charge in [0.25, 0.3) is 0 Å². The number of benzene rings is 1. The van der Waals surface area contributed by atoms with Crippen LogP contribution in [0.5, 0.6) is 5.75 Å². The van der Waals surface area contributed by atoms with Crippen molar-refractivity contribution >= 4 is 15.9 Å². The summed E-state index contributed by atoms with van der Waals surface area (Å²) < 4.78 is 16.9. The first-order valence-corrected chi connectivity index (χ1v) is 7.26. The van der Waals surface area contributed by atoms with Crippen LogP contribution in [0.25, 0.3) is 0 Å². The second kappa shape index (κ2) is 9.31. The average Bonchev–Trinajstić information content (AvgIpc) is 2.44. The number of aliphatic hydroxyl groups is 1. The first kappa shape index (κ1) is 17.4. The number of hydrogen-bond acceptors (Lipinski definition) is 5. The van der Waals surface area contributed by atoms with E-state index in [9.17, 15) is 5.11 Å². The monoisotopic (exact) mass is 347 g/mol. The first-order chi connectivity index (χ1) is 9.56. The van der Waals surface area contributed by atoms with Crippen molar-refractivity contribution in [3.8, 4) is 5.75 Å². The second-order valence-corrected chi connectivity index (χ2v) is 5.44. The molecule has 0 bridgehead atoms. The fraction of sp³-hybridized carbons (Fsp3) is 0.571. The normalized spacial score (nSPS) is 14.1. The molecule has 0 aromatic heterocycles. The van der Waals surface area contributed by atoms with Crippen molar-refractivity contribution in [1.82, 2.24) is 0 Å². The minimum atomic E-state index is -0.691. The van der Waals surface area contributed by atoms with Crippen LogP contribution in [0.4, 0.5) is 0 Å². The van der Waals surface area contributed by atoms with Crippen molar-refractivity contribution in [3.05, 3.63) is 28.2 Å². The number of ether oxygens (including phenoxy) is 3. The number of hydrogen-bond donors (Lipinski definition) is 2. The van der Waals surface area contributed by atoms with Gasteiger partial charge in [0.15, 0.2) is 0 Å². The van der Waals surface area contributed by atoms with Gasteiger partial charge < -0.3 is 25.1 Å². The lowest BCUT2D eigenvalue weighted by Crippen LogP contribution is -2.27. The van der Waals surface area contributed by atoms with E-state index in [1.807, 2.05) is 25.1 Å². The molecule has 1 aromatic rings.